The first-order valence-electron chi connectivity index (χ1n) is 17.3. The van der Waals surface area contributed by atoms with Crippen LogP contribution in [-0.4, -0.2) is 114 Å². The number of methoxy groups -OCH3 is 1. The number of nitrogens with one attached hydrogen (secondary N) is 1. The molecule has 0 aromatic heterocycles. The quantitative estimate of drug-likeness (QED) is 0.0793. The van der Waals surface area contributed by atoms with Crippen molar-refractivity contribution >= 4 is 23.8 Å². The number of fused-ring (bicyclic) bond motifs is 1. The minimum absolute atomic E-state index is 0.0751. The van der Waals surface area contributed by atoms with E-state index in [1.807, 2.05) is 0 Å². The number of amides is 2. The molecular formula is C33H56N6O10. The van der Waals surface area contributed by atoms with Gasteiger partial charge >= 0.3 is 12.1 Å². The van der Waals surface area contributed by atoms with Crippen LogP contribution >= 0.6 is 0 Å². The van der Waals surface area contributed by atoms with Gasteiger partial charge in [0, 0.05) is 43.0 Å². The molecule has 0 radical (unpaired) electrons. The number of azide groups is 1. The highest BCUT2D eigenvalue weighted by Gasteiger charge is 2.59. The van der Waals surface area contributed by atoms with Crippen LogP contribution in [0.15, 0.2) is 5.11 Å². The van der Waals surface area contributed by atoms with Gasteiger partial charge in [0.15, 0.2) is 17.7 Å². The maximum absolute atomic E-state index is 14.1. The number of ether oxygens (including phenoxy) is 5. The normalized spacial score (nSPS) is 41.0. The van der Waals surface area contributed by atoms with Gasteiger partial charge < -0.3 is 39.8 Å². The lowest BCUT2D eigenvalue weighted by atomic mass is 9.78. The summed E-state index contributed by atoms with van der Waals surface area (Å²) in [5.41, 5.74) is 12.1. The number of carbonyl (C=O) groups is 4. The molecule has 0 aromatic rings. The van der Waals surface area contributed by atoms with Crippen molar-refractivity contribution < 1.29 is 48.0 Å². The summed E-state index contributed by atoms with van der Waals surface area (Å²) >= 11 is 0. The lowest BCUT2D eigenvalue weighted by Crippen LogP contribution is -2.61. The number of esters is 1. The van der Waals surface area contributed by atoms with Crippen LogP contribution < -0.4 is 11.1 Å². The van der Waals surface area contributed by atoms with E-state index in [1.165, 1.54) is 18.9 Å². The van der Waals surface area contributed by atoms with Gasteiger partial charge in [-0.3, -0.25) is 19.3 Å². The van der Waals surface area contributed by atoms with Crippen molar-refractivity contribution in [2.24, 2.45) is 28.6 Å². The second kappa shape index (κ2) is 16.8. The lowest BCUT2D eigenvalue weighted by Gasteiger charge is -2.45. The second-order valence-electron chi connectivity index (χ2n) is 14.3. The number of Topliss-reactive ketones (excluding diaryl/α,β-unsaturated/α-hetero) is 1. The number of aliphatic hydroxyl groups is 1. The highest BCUT2D eigenvalue weighted by Crippen LogP contribution is 2.40. The highest BCUT2D eigenvalue weighted by molar-refractivity contribution is 6.00. The fraction of sp³-hybridized carbons (Fsp3) is 0.879. The van der Waals surface area contributed by atoms with Crippen LogP contribution in [0, 0.1) is 17.8 Å². The number of ketones is 1. The van der Waals surface area contributed by atoms with Gasteiger partial charge in [0.2, 0.25) is 5.91 Å². The molecule has 4 unspecified atom stereocenters. The van der Waals surface area contributed by atoms with Crippen molar-refractivity contribution in [2.45, 2.75) is 148 Å². The summed E-state index contributed by atoms with van der Waals surface area (Å²) in [6.07, 6.45) is -3.69. The second-order valence-corrected chi connectivity index (χ2v) is 14.3. The molecule has 3 fully saturated rings. The van der Waals surface area contributed by atoms with Gasteiger partial charge in [-0.05, 0) is 72.3 Å². The molecule has 16 heteroatoms. The van der Waals surface area contributed by atoms with Gasteiger partial charge in [-0.25, -0.2) is 4.79 Å². The van der Waals surface area contributed by atoms with E-state index in [0.717, 1.165) is 0 Å². The Bertz CT molecular complexity index is 1250. The van der Waals surface area contributed by atoms with Gasteiger partial charge in [0.05, 0.1) is 29.9 Å². The number of unbranched alkanes of at least 4 members (excludes halogenated alkanes) is 1. The molecule has 0 saturated carbocycles. The van der Waals surface area contributed by atoms with E-state index < -0.39 is 89.5 Å². The highest BCUT2D eigenvalue weighted by atomic mass is 16.7. The standard InChI is InChI=1S/C33H56N6O10/c1-10-23-33(8)26(39(31(44)49-33)14-12-11-13-36-38-35)21(6)37-28(42)17(2)16-32(7,45-9)27(19(4)24(40)20(5)29(43)47-23)48-30-25(41)22(34)15-18(3)46-30/h17-23,25-27,30,41H,10-16,34H2,1-9H3,(H,37,42)/t17-,18?,19+,20?,21-,22?,23-,25?,26-,27-,30+,32-,33-/m1/s1. The summed E-state index contributed by atoms with van der Waals surface area (Å²) in [6.45, 7) is 14.0. The predicted molar refractivity (Wildman–Crippen MR) is 177 cm³/mol. The Morgan fingerprint density at radius 3 is 2.43 bits per heavy atom. The molecule has 49 heavy (non-hydrogen) atoms. The van der Waals surface area contributed by atoms with Gasteiger partial charge in [-0.15, -0.1) is 0 Å². The summed E-state index contributed by atoms with van der Waals surface area (Å²) in [4.78, 5) is 59.4. The zero-order chi connectivity index (χ0) is 36.8. The Labute approximate surface area is 288 Å². The van der Waals surface area contributed by atoms with Crippen LogP contribution in [-0.2, 0) is 38.1 Å². The van der Waals surface area contributed by atoms with E-state index in [2.05, 4.69) is 15.3 Å². The molecule has 0 bridgehead atoms. The molecule has 3 saturated heterocycles. The van der Waals surface area contributed by atoms with E-state index in [1.54, 1.807) is 48.5 Å². The Morgan fingerprint density at radius 2 is 1.82 bits per heavy atom. The molecular weight excluding hydrogens is 640 g/mol. The van der Waals surface area contributed by atoms with E-state index >= 15 is 0 Å². The number of nitrogens with zero attached hydrogens (tertiary/aromatic N) is 4. The largest absolute Gasteiger partial charge is 0.458 e. The maximum Gasteiger partial charge on any atom is 0.410 e. The van der Waals surface area contributed by atoms with Gasteiger partial charge in [0.25, 0.3) is 0 Å². The summed E-state index contributed by atoms with van der Waals surface area (Å²) in [5.74, 6) is -4.62. The average molecular weight is 697 g/mol. The number of nitrogens with two attached hydrogens (primary N) is 1. The van der Waals surface area contributed by atoms with Crippen molar-refractivity contribution in [3.05, 3.63) is 10.4 Å². The molecule has 0 spiro atoms. The molecule has 16 nitrogen and oxygen atoms in total. The zero-order valence-corrected chi connectivity index (χ0v) is 30.3. The van der Waals surface area contributed by atoms with Crippen LogP contribution in [0.4, 0.5) is 4.79 Å². The predicted octanol–water partition coefficient (Wildman–Crippen LogP) is 2.98. The third kappa shape index (κ3) is 8.84. The van der Waals surface area contributed by atoms with Gasteiger partial charge in [-0.1, -0.05) is 25.9 Å². The van der Waals surface area contributed by atoms with Crippen molar-refractivity contribution in [1.82, 2.24) is 10.2 Å². The first-order chi connectivity index (χ1) is 22.9. The van der Waals surface area contributed by atoms with Crippen LogP contribution in [0.5, 0.6) is 0 Å². The summed E-state index contributed by atoms with van der Waals surface area (Å²) < 4.78 is 30.3. The molecule has 278 valence electrons. The third-order valence-corrected chi connectivity index (χ3v) is 10.4. The van der Waals surface area contributed by atoms with Crippen molar-refractivity contribution in [1.29, 1.82) is 0 Å². The Morgan fingerprint density at radius 1 is 1.14 bits per heavy atom. The molecule has 3 rings (SSSR count). The molecule has 0 aliphatic carbocycles. The molecule has 0 aromatic carbocycles. The Kier molecular flexibility index (Phi) is 13.9. The van der Waals surface area contributed by atoms with Gasteiger partial charge in [-0.2, -0.15) is 0 Å². The topological polar surface area (TPSA) is 225 Å². The van der Waals surface area contributed by atoms with E-state index in [-0.39, 0.29) is 37.9 Å². The average Bonchev–Trinajstić information content (AvgIpc) is 3.31. The fourth-order valence-corrected chi connectivity index (χ4v) is 7.60. The Balaban J connectivity index is 2.06. The third-order valence-electron chi connectivity index (χ3n) is 10.4. The number of carbonyl (C=O) groups excluding carboxylic acids is 4. The molecule has 3 aliphatic heterocycles. The number of hydrogen-bond acceptors (Lipinski definition) is 12. The van der Waals surface area contributed by atoms with Crippen LogP contribution in [0.3, 0.4) is 0 Å². The zero-order valence-electron chi connectivity index (χ0n) is 30.3. The molecule has 13 atom stereocenters. The van der Waals surface area contributed by atoms with Crippen LogP contribution in [0.25, 0.3) is 10.4 Å². The number of hydrogen-bond donors (Lipinski definition) is 3. The lowest BCUT2D eigenvalue weighted by molar-refractivity contribution is -0.288. The van der Waals surface area contributed by atoms with Crippen LogP contribution in [0.1, 0.15) is 87.5 Å². The number of cyclic esters (lactones) is 1. The van der Waals surface area contributed by atoms with E-state index in [4.69, 9.17) is 34.9 Å². The molecule has 3 heterocycles. The minimum Gasteiger partial charge on any atom is -0.458 e. The summed E-state index contributed by atoms with van der Waals surface area (Å²) in [5, 5.41) is 17.5. The molecule has 2 amide bonds. The first-order valence-corrected chi connectivity index (χ1v) is 17.3. The summed E-state index contributed by atoms with van der Waals surface area (Å²) in [6, 6.07) is -2.07. The summed E-state index contributed by atoms with van der Waals surface area (Å²) in [7, 11) is 1.44. The van der Waals surface area contributed by atoms with E-state index in [0.29, 0.717) is 19.3 Å². The number of rotatable bonds is 9. The van der Waals surface area contributed by atoms with Gasteiger partial charge in [0.1, 0.15) is 18.1 Å². The fourth-order valence-electron chi connectivity index (χ4n) is 7.60. The molecule has 4 N–H and O–H groups in total. The first kappa shape index (κ1) is 40.4. The SMILES string of the molecule is CC[C@H]1OC(=O)C(C)C(=O)[C@H](C)[C@@H](O[C@@H]2OC(C)CC(N)C2O)[C@](C)(OC)C[C@@H](C)C(=O)N[C@H](C)[C@H]2N(CCCCN=[N+]=[N-])C(=O)O[C@]12C. The van der Waals surface area contributed by atoms with Crippen molar-refractivity contribution in [3.8, 4) is 0 Å². The van der Waals surface area contributed by atoms with Crippen molar-refractivity contribution in [2.75, 3.05) is 20.2 Å². The van der Waals surface area contributed by atoms with Crippen molar-refractivity contribution in [3.63, 3.8) is 0 Å². The molecule has 3 aliphatic rings. The number of aliphatic hydroxyl groups excluding tert-OH is 1. The maximum atomic E-state index is 14.1. The monoisotopic (exact) mass is 696 g/mol. The minimum atomic E-state index is -1.40. The van der Waals surface area contributed by atoms with Crippen LogP contribution in [0.2, 0.25) is 0 Å². The Hall–Kier alpha value is -3.01. The van der Waals surface area contributed by atoms with E-state index in [9.17, 15) is 24.3 Å². The smallest absolute Gasteiger partial charge is 0.410 e.